The molecule has 2 heterocycles. The number of hydrogen-bond acceptors (Lipinski definition) is 3. The molecule has 0 bridgehead atoms. The lowest BCUT2D eigenvalue weighted by atomic mass is 10.0. The maximum atomic E-state index is 13.2. The van der Waals surface area contributed by atoms with Gasteiger partial charge < -0.3 is 14.6 Å². The number of hydrogen-bond donors (Lipinski definition) is 1. The largest absolute Gasteiger partial charge is 0.480 e. The molecule has 6 heteroatoms. The third kappa shape index (κ3) is 4.53. The number of amides is 1. The highest BCUT2D eigenvalue weighted by molar-refractivity contribution is 5.96. The van der Waals surface area contributed by atoms with Gasteiger partial charge in [-0.05, 0) is 63.9 Å². The molecule has 0 atom stereocenters. The molecule has 1 N–H and O–H groups in total. The molecular weight excluding hydrogens is 366 g/mol. The number of carbonyl (C=O) groups excluding carboxylic acids is 1. The van der Waals surface area contributed by atoms with Gasteiger partial charge in [-0.2, -0.15) is 0 Å². The topological polar surface area (TPSA) is 65.8 Å². The Hall–Kier alpha value is -2.60. The van der Waals surface area contributed by atoms with Gasteiger partial charge in [-0.15, -0.1) is 0 Å². The summed E-state index contributed by atoms with van der Waals surface area (Å²) in [6, 6.07) is 10.5. The zero-order valence-corrected chi connectivity index (χ0v) is 17.8. The lowest BCUT2D eigenvalue weighted by Crippen LogP contribution is -2.48. The van der Waals surface area contributed by atoms with Crippen LogP contribution in [0.4, 0.5) is 0 Å². The van der Waals surface area contributed by atoms with E-state index in [-0.39, 0.29) is 18.5 Å². The molecule has 1 fully saturated rings. The fourth-order valence-electron chi connectivity index (χ4n) is 4.42. The van der Waals surface area contributed by atoms with E-state index in [1.54, 1.807) is 0 Å². The molecule has 6 nitrogen and oxygen atoms in total. The van der Waals surface area contributed by atoms with Crippen LogP contribution in [0.1, 0.15) is 47.1 Å². The van der Waals surface area contributed by atoms with Crippen LogP contribution >= 0.6 is 0 Å². The quantitative estimate of drug-likeness (QED) is 0.811. The lowest BCUT2D eigenvalue weighted by Gasteiger charge is -2.37. The monoisotopic (exact) mass is 397 g/mol. The smallest absolute Gasteiger partial charge is 0.317 e. The second kappa shape index (κ2) is 8.82. The molecule has 156 valence electrons. The molecule has 0 saturated carbocycles. The molecule has 1 aromatic carbocycles. The average Bonchev–Trinajstić information content (AvgIpc) is 2.99. The Bertz CT molecular complexity index is 895. The van der Waals surface area contributed by atoms with Gasteiger partial charge in [0.05, 0.1) is 12.1 Å². The molecular formula is C23H31N3O3. The minimum atomic E-state index is -0.797. The van der Waals surface area contributed by atoms with Gasteiger partial charge in [0.1, 0.15) is 0 Å². The third-order valence-electron chi connectivity index (χ3n) is 5.93. The van der Waals surface area contributed by atoms with Crippen molar-refractivity contribution in [2.45, 2.75) is 46.6 Å². The number of carboxylic acids is 1. The second-order valence-electron chi connectivity index (χ2n) is 7.94. The summed E-state index contributed by atoms with van der Waals surface area (Å²) in [5.41, 5.74) is 5.02. The van der Waals surface area contributed by atoms with E-state index >= 15 is 0 Å². The van der Waals surface area contributed by atoms with Crippen LogP contribution in [0.3, 0.4) is 0 Å². The third-order valence-corrected chi connectivity index (χ3v) is 5.93. The van der Waals surface area contributed by atoms with Crippen LogP contribution in [-0.2, 0) is 4.79 Å². The summed E-state index contributed by atoms with van der Waals surface area (Å²) in [6.45, 7) is 10.2. The number of aliphatic carboxylic acids is 1. The average molecular weight is 398 g/mol. The zero-order chi connectivity index (χ0) is 21.1. The molecule has 0 spiro atoms. The van der Waals surface area contributed by atoms with Gasteiger partial charge in [-0.3, -0.25) is 14.5 Å². The van der Waals surface area contributed by atoms with Gasteiger partial charge in [0.15, 0.2) is 0 Å². The number of likely N-dealkylation sites (N-methyl/N-ethyl adjacent to an activating group) is 1. The van der Waals surface area contributed by atoms with Crippen LogP contribution in [0.5, 0.6) is 0 Å². The molecule has 0 aliphatic carbocycles. The molecule has 0 unspecified atom stereocenters. The van der Waals surface area contributed by atoms with Crippen molar-refractivity contribution >= 4 is 11.9 Å². The van der Waals surface area contributed by atoms with Crippen LogP contribution < -0.4 is 0 Å². The molecule has 1 aliphatic rings. The molecule has 29 heavy (non-hydrogen) atoms. The van der Waals surface area contributed by atoms with E-state index in [2.05, 4.69) is 29.7 Å². The van der Waals surface area contributed by atoms with Crippen LogP contribution in [0, 0.1) is 20.8 Å². The van der Waals surface area contributed by atoms with E-state index in [1.807, 2.05) is 42.7 Å². The number of carboxylic acid groups (broad SMARTS) is 1. The van der Waals surface area contributed by atoms with Gasteiger partial charge in [-0.25, -0.2) is 0 Å². The first-order valence-electron chi connectivity index (χ1n) is 10.3. The van der Waals surface area contributed by atoms with Crippen LogP contribution in [-0.4, -0.2) is 63.6 Å². The van der Waals surface area contributed by atoms with E-state index in [0.717, 1.165) is 35.5 Å². The van der Waals surface area contributed by atoms with Crippen molar-refractivity contribution in [3.8, 4) is 5.69 Å². The van der Waals surface area contributed by atoms with E-state index in [0.29, 0.717) is 19.6 Å². The lowest BCUT2D eigenvalue weighted by molar-refractivity contribution is -0.139. The zero-order valence-electron chi connectivity index (χ0n) is 17.8. The first-order chi connectivity index (χ1) is 13.8. The van der Waals surface area contributed by atoms with Crippen molar-refractivity contribution in [1.29, 1.82) is 0 Å². The molecule has 1 saturated heterocycles. The van der Waals surface area contributed by atoms with Gasteiger partial charge in [0, 0.05) is 36.2 Å². The SMILES string of the molecule is CCN(CC(=O)O)C1CCN(C(=O)c2cc(C)n(-c3cccc(C)c3)c2C)CC1. The maximum absolute atomic E-state index is 13.2. The Kier molecular flexibility index (Phi) is 6.42. The molecule has 3 rings (SSSR count). The molecule has 2 aromatic rings. The number of aromatic nitrogens is 1. The first kappa shape index (κ1) is 21.1. The summed E-state index contributed by atoms with van der Waals surface area (Å²) in [7, 11) is 0. The highest BCUT2D eigenvalue weighted by Crippen LogP contribution is 2.25. The van der Waals surface area contributed by atoms with Crippen molar-refractivity contribution in [3.05, 3.63) is 52.8 Å². The van der Waals surface area contributed by atoms with Crippen LogP contribution in [0.25, 0.3) is 5.69 Å². The van der Waals surface area contributed by atoms with Gasteiger partial charge in [0.2, 0.25) is 0 Å². The van der Waals surface area contributed by atoms with Crippen LogP contribution in [0.15, 0.2) is 30.3 Å². The van der Waals surface area contributed by atoms with Crippen molar-refractivity contribution in [3.63, 3.8) is 0 Å². The Morgan fingerprint density at radius 2 is 1.83 bits per heavy atom. The number of rotatable bonds is 6. The Morgan fingerprint density at radius 3 is 2.41 bits per heavy atom. The number of nitrogens with zero attached hydrogens (tertiary/aromatic N) is 3. The summed E-state index contributed by atoms with van der Waals surface area (Å²) < 4.78 is 2.14. The van der Waals surface area contributed by atoms with E-state index in [9.17, 15) is 9.59 Å². The number of carbonyl (C=O) groups is 2. The van der Waals surface area contributed by atoms with Crippen molar-refractivity contribution < 1.29 is 14.7 Å². The molecule has 1 amide bonds. The molecule has 1 aliphatic heterocycles. The van der Waals surface area contributed by atoms with E-state index in [4.69, 9.17) is 5.11 Å². The molecule has 0 radical (unpaired) electrons. The van der Waals surface area contributed by atoms with Gasteiger partial charge in [-0.1, -0.05) is 19.1 Å². The van der Waals surface area contributed by atoms with Crippen molar-refractivity contribution in [1.82, 2.24) is 14.4 Å². The predicted molar refractivity (Wildman–Crippen MR) is 114 cm³/mol. The Labute approximate surface area is 172 Å². The van der Waals surface area contributed by atoms with Gasteiger partial charge in [0.25, 0.3) is 5.91 Å². The summed E-state index contributed by atoms with van der Waals surface area (Å²) in [4.78, 5) is 28.2. The normalized spacial score (nSPS) is 15.1. The summed E-state index contributed by atoms with van der Waals surface area (Å²) in [5, 5.41) is 9.10. The molecule has 1 aromatic heterocycles. The maximum Gasteiger partial charge on any atom is 0.317 e. The van der Waals surface area contributed by atoms with Gasteiger partial charge >= 0.3 is 5.97 Å². The fourth-order valence-corrected chi connectivity index (χ4v) is 4.42. The highest BCUT2D eigenvalue weighted by Gasteiger charge is 2.29. The number of benzene rings is 1. The van der Waals surface area contributed by atoms with E-state index < -0.39 is 5.97 Å². The predicted octanol–water partition coefficient (Wildman–Crippen LogP) is 3.41. The standard InChI is InChI=1S/C23H31N3O3/c1-5-24(15-22(27)28)19-9-11-25(12-10-19)23(29)21-14-17(3)26(18(21)4)20-8-6-7-16(2)13-20/h6-8,13-14,19H,5,9-12,15H2,1-4H3,(H,27,28). The number of piperidine rings is 1. The fraction of sp³-hybridized carbons (Fsp3) is 0.478. The van der Waals surface area contributed by atoms with Crippen molar-refractivity contribution in [2.75, 3.05) is 26.2 Å². The second-order valence-corrected chi connectivity index (χ2v) is 7.94. The highest BCUT2D eigenvalue weighted by atomic mass is 16.4. The Morgan fingerprint density at radius 1 is 1.14 bits per heavy atom. The summed E-state index contributed by atoms with van der Waals surface area (Å²) in [6.07, 6.45) is 1.62. The Balaban J connectivity index is 1.74. The minimum absolute atomic E-state index is 0.0623. The summed E-state index contributed by atoms with van der Waals surface area (Å²) in [5.74, 6) is -0.731. The number of aryl methyl sites for hydroxylation is 2. The minimum Gasteiger partial charge on any atom is -0.480 e. The van der Waals surface area contributed by atoms with E-state index in [1.165, 1.54) is 5.56 Å². The summed E-state index contributed by atoms with van der Waals surface area (Å²) >= 11 is 0. The van der Waals surface area contributed by atoms with Crippen molar-refractivity contribution in [2.24, 2.45) is 0 Å². The van der Waals surface area contributed by atoms with Crippen LogP contribution in [0.2, 0.25) is 0 Å². The first-order valence-corrected chi connectivity index (χ1v) is 10.3. The number of likely N-dealkylation sites (tertiary alicyclic amines) is 1.